The fourth-order valence-corrected chi connectivity index (χ4v) is 2.61. The molecule has 1 aromatic heterocycles. The molecule has 1 aliphatic rings. The third-order valence-electron chi connectivity index (χ3n) is 3.62. The summed E-state index contributed by atoms with van der Waals surface area (Å²) in [5, 5.41) is 3.52. The van der Waals surface area contributed by atoms with Crippen molar-refractivity contribution in [2.75, 3.05) is 0 Å². The zero-order chi connectivity index (χ0) is 13.2. The SMILES string of the molecule is Cc1cnc(CNC2CC(N)c3ccccc32)cn1. The van der Waals surface area contributed by atoms with Crippen molar-refractivity contribution in [2.45, 2.75) is 32.0 Å². The normalized spacial score (nSPS) is 21.4. The summed E-state index contributed by atoms with van der Waals surface area (Å²) in [6.07, 6.45) is 4.56. The Morgan fingerprint density at radius 1 is 1.21 bits per heavy atom. The molecule has 1 aliphatic carbocycles. The third-order valence-corrected chi connectivity index (χ3v) is 3.62. The summed E-state index contributed by atoms with van der Waals surface area (Å²) in [6, 6.07) is 8.84. The Bertz CT molecular complexity index is 565. The average molecular weight is 254 g/mol. The van der Waals surface area contributed by atoms with Gasteiger partial charge in [0.05, 0.1) is 11.4 Å². The van der Waals surface area contributed by atoms with Gasteiger partial charge in [-0.2, -0.15) is 0 Å². The van der Waals surface area contributed by atoms with E-state index in [-0.39, 0.29) is 6.04 Å². The van der Waals surface area contributed by atoms with Crippen LogP contribution < -0.4 is 11.1 Å². The molecule has 1 aromatic carbocycles. The van der Waals surface area contributed by atoms with Gasteiger partial charge in [0, 0.05) is 31.0 Å². The molecular weight excluding hydrogens is 236 g/mol. The van der Waals surface area contributed by atoms with Crippen molar-refractivity contribution in [1.29, 1.82) is 0 Å². The summed E-state index contributed by atoms with van der Waals surface area (Å²) in [5.74, 6) is 0. The van der Waals surface area contributed by atoms with Crippen molar-refractivity contribution < 1.29 is 0 Å². The van der Waals surface area contributed by atoms with Gasteiger partial charge in [0.15, 0.2) is 0 Å². The molecule has 3 N–H and O–H groups in total. The monoisotopic (exact) mass is 254 g/mol. The number of rotatable bonds is 3. The first kappa shape index (κ1) is 12.3. The van der Waals surface area contributed by atoms with E-state index in [2.05, 4.69) is 33.5 Å². The van der Waals surface area contributed by atoms with Crippen LogP contribution in [0.25, 0.3) is 0 Å². The highest BCUT2D eigenvalue weighted by Crippen LogP contribution is 2.36. The minimum Gasteiger partial charge on any atom is -0.324 e. The highest BCUT2D eigenvalue weighted by Gasteiger charge is 2.27. The van der Waals surface area contributed by atoms with Gasteiger partial charge in [-0.3, -0.25) is 9.97 Å². The van der Waals surface area contributed by atoms with E-state index in [9.17, 15) is 0 Å². The topological polar surface area (TPSA) is 63.8 Å². The van der Waals surface area contributed by atoms with E-state index in [1.807, 2.05) is 19.2 Å². The van der Waals surface area contributed by atoms with Crippen LogP contribution in [0.3, 0.4) is 0 Å². The second-order valence-electron chi connectivity index (χ2n) is 5.05. The molecule has 2 unspecified atom stereocenters. The van der Waals surface area contributed by atoms with E-state index >= 15 is 0 Å². The fraction of sp³-hybridized carbons (Fsp3) is 0.333. The number of aryl methyl sites for hydroxylation is 1. The van der Waals surface area contributed by atoms with E-state index in [4.69, 9.17) is 5.73 Å². The lowest BCUT2D eigenvalue weighted by Crippen LogP contribution is -2.20. The van der Waals surface area contributed by atoms with Crippen molar-refractivity contribution in [2.24, 2.45) is 5.73 Å². The van der Waals surface area contributed by atoms with E-state index in [0.717, 1.165) is 24.4 Å². The average Bonchev–Trinajstić information content (AvgIpc) is 2.76. The van der Waals surface area contributed by atoms with Gasteiger partial charge >= 0.3 is 0 Å². The minimum atomic E-state index is 0.137. The Balaban J connectivity index is 1.70. The smallest absolute Gasteiger partial charge is 0.0724 e. The molecule has 4 nitrogen and oxygen atoms in total. The maximum absolute atomic E-state index is 6.16. The van der Waals surface area contributed by atoms with E-state index in [0.29, 0.717) is 6.04 Å². The molecular formula is C15H18N4. The van der Waals surface area contributed by atoms with Gasteiger partial charge in [0.1, 0.15) is 0 Å². The number of nitrogens with one attached hydrogen (secondary N) is 1. The number of aromatic nitrogens is 2. The van der Waals surface area contributed by atoms with Gasteiger partial charge in [-0.1, -0.05) is 24.3 Å². The van der Waals surface area contributed by atoms with Crippen molar-refractivity contribution in [3.05, 3.63) is 59.2 Å². The quantitative estimate of drug-likeness (QED) is 0.879. The summed E-state index contributed by atoms with van der Waals surface area (Å²) in [4.78, 5) is 8.61. The zero-order valence-corrected chi connectivity index (χ0v) is 11.0. The second kappa shape index (κ2) is 5.07. The van der Waals surface area contributed by atoms with Crippen molar-refractivity contribution in [3.8, 4) is 0 Å². The molecule has 2 atom stereocenters. The largest absolute Gasteiger partial charge is 0.324 e. The molecule has 19 heavy (non-hydrogen) atoms. The van der Waals surface area contributed by atoms with Crippen LogP contribution in [0, 0.1) is 6.92 Å². The molecule has 0 saturated heterocycles. The molecule has 98 valence electrons. The number of benzene rings is 1. The first-order chi connectivity index (χ1) is 9.24. The molecule has 1 heterocycles. The van der Waals surface area contributed by atoms with Crippen molar-refractivity contribution >= 4 is 0 Å². The molecule has 0 radical (unpaired) electrons. The predicted octanol–water partition coefficient (Wildman–Crippen LogP) is 2.02. The van der Waals surface area contributed by atoms with Gasteiger partial charge in [-0.05, 0) is 24.5 Å². The minimum absolute atomic E-state index is 0.137. The van der Waals surface area contributed by atoms with Crippen LogP contribution in [0.1, 0.15) is 41.0 Å². The first-order valence-electron chi connectivity index (χ1n) is 6.59. The maximum Gasteiger partial charge on any atom is 0.0724 e. The summed E-state index contributed by atoms with van der Waals surface area (Å²) >= 11 is 0. The standard InChI is InChI=1S/C15H18N4/c1-10-7-18-11(8-17-10)9-19-15-6-14(16)12-4-2-3-5-13(12)15/h2-5,7-8,14-15,19H,6,9,16H2,1H3. The van der Waals surface area contributed by atoms with Gasteiger partial charge in [-0.25, -0.2) is 0 Å². The number of nitrogens with zero attached hydrogens (tertiary/aromatic N) is 2. The molecule has 0 spiro atoms. The van der Waals surface area contributed by atoms with Crippen LogP contribution in [0.2, 0.25) is 0 Å². The molecule has 0 bridgehead atoms. The molecule has 0 fully saturated rings. The lowest BCUT2D eigenvalue weighted by molar-refractivity contribution is 0.494. The van der Waals surface area contributed by atoms with Crippen LogP contribution in [0.4, 0.5) is 0 Å². The highest BCUT2D eigenvalue weighted by molar-refractivity contribution is 5.37. The van der Waals surface area contributed by atoms with E-state index in [1.54, 1.807) is 6.20 Å². The summed E-state index contributed by atoms with van der Waals surface area (Å²) in [7, 11) is 0. The Hall–Kier alpha value is -1.78. The molecule has 2 aromatic rings. The lowest BCUT2D eigenvalue weighted by Gasteiger charge is -2.13. The third kappa shape index (κ3) is 2.50. The molecule has 3 rings (SSSR count). The Kier molecular flexibility index (Phi) is 3.27. The van der Waals surface area contributed by atoms with E-state index < -0.39 is 0 Å². The van der Waals surface area contributed by atoms with Gasteiger partial charge < -0.3 is 11.1 Å². The van der Waals surface area contributed by atoms with Crippen LogP contribution in [0.5, 0.6) is 0 Å². The Morgan fingerprint density at radius 3 is 2.74 bits per heavy atom. The van der Waals surface area contributed by atoms with Crippen LogP contribution in [-0.2, 0) is 6.54 Å². The molecule has 4 heteroatoms. The zero-order valence-electron chi connectivity index (χ0n) is 11.0. The summed E-state index contributed by atoms with van der Waals surface area (Å²) in [6.45, 7) is 2.66. The molecule has 0 amide bonds. The number of hydrogen-bond donors (Lipinski definition) is 2. The van der Waals surface area contributed by atoms with Gasteiger partial charge in [0.25, 0.3) is 0 Å². The Morgan fingerprint density at radius 2 is 2.00 bits per heavy atom. The lowest BCUT2D eigenvalue weighted by atomic mass is 10.1. The molecule has 0 saturated carbocycles. The first-order valence-corrected chi connectivity index (χ1v) is 6.59. The van der Waals surface area contributed by atoms with Gasteiger partial charge in [-0.15, -0.1) is 0 Å². The number of fused-ring (bicyclic) bond motifs is 1. The van der Waals surface area contributed by atoms with Crippen molar-refractivity contribution in [3.63, 3.8) is 0 Å². The number of hydrogen-bond acceptors (Lipinski definition) is 4. The van der Waals surface area contributed by atoms with E-state index in [1.165, 1.54) is 11.1 Å². The predicted molar refractivity (Wildman–Crippen MR) is 74.3 cm³/mol. The van der Waals surface area contributed by atoms with Crippen LogP contribution in [-0.4, -0.2) is 9.97 Å². The Labute approximate surface area is 113 Å². The van der Waals surface area contributed by atoms with Crippen molar-refractivity contribution in [1.82, 2.24) is 15.3 Å². The summed E-state index contributed by atoms with van der Waals surface area (Å²) < 4.78 is 0. The van der Waals surface area contributed by atoms with Gasteiger partial charge in [0.2, 0.25) is 0 Å². The van der Waals surface area contributed by atoms with Crippen LogP contribution in [0.15, 0.2) is 36.7 Å². The number of nitrogens with two attached hydrogens (primary N) is 1. The fourth-order valence-electron chi connectivity index (χ4n) is 2.61. The summed E-state index contributed by atoms with van der Waals surface area (Å²) in [5.41, 5.74) is 10.6. The second-order valence-corrected chi connectivity index (χ2v) is 5.05. The van der Waals surface area contributed by atoms with Crippen LogP contribution >= 0.6 is 0 Å². The highest BCUT2D eigenvalue weighted by atomic mass is 15.0. The maximum atomic E-state index is 6.16. The molecule has 0 aliphatic heterocycles.